The van der Waals surface area contributed by atoms with Crippen molar-refractivity contribution in [3.8, 4) is 0 Å². The van der Waals surface area contributed by atoms with Crippen LogP contribution in [0.15, 0.2) is 18.2 Å². The van der Waals surface area contributed by atoms with E-state index >= 15 is 0 Å². The molecular weight excluding hydrogens is 160 g/mol. The van der Waals surface area contributed by atoms with E-state index in [-0.39, 0.29) is 5.60 Å². The highest BCUT2D eigenvalue weighted by atomic mass is 16.6. The predicted molar refractivity (Wildman–Crippen MR) is 51.8 cm³/mol. The van der Waals surface area contributed by atoms with E-state index in [1.165, 1.54) is 24.8 Å². The van der Waals surface area contributed by atoms with Gasteiger partial charge >= 0.3 is 0 Å². The van der Waals surface area contributed by atoms with Crippen molar-refractivity contribution in [2.75, 3.05) is 6.61 Å². The molecule has 0 saturated carbocycles. The van der Waals surface area contributed by atoms with Gasteiger partial charge in [0.1, 0.15) is 5.60 Å². The monoisotopic (exact) mass is 174 g/mol. The molecule has 0 spiro atoms. The summed E-state index contributed by atoms with van der Waals surface area (Å²) >= 11 is 0. The van der Waals surface area contributed by atoms with E-state index in [1.807, 2.05) is 0 Å². The Kier molecular flexibility index (Phi) is 1.37. The highest BCUT2D eigenvalue weighted by Crippen LogP contribution is 2.42. The molecule has 2 aliphatic rings. The molecule has 68 valence electrons. The van der Waals surface area contributed by atoms with Crippen molar-refractivity contribution in [2.45, 2.75) is 31.8 Å². The van der Waals surface area contributed by atoms with Crippen LogP contribution in [0.4, 0.5) is 0 Å². The second kappa shape index (κ2) is 2.36. The molecule has 0 aromatic heterocycles. The summed E-state index contributed by atoms with van der Waals surface area (Å²) in [5.41, 5.74) is 4.63. The van der Waals surface area contributed by atoms with Crippen LogP contribution < -0.4 is 0 Å². The largest absolute Gasteiger partial charge is 0.365 e. The molecule has 0 radical (unpaired) electrons. The summed E-state index contributed by atoms with van der Waals surface area (Å²) in [4.78, 5) is 0. The zero-order chi connectivity index (χ0) is 8.89. The molecule has 0 amide bonds. The second-order valence-electron chi connectivity index (χ2n) is 4.32. The summed E-state index contributed by atoms with van der Waals surface area (Å²) in [5.74, 6) is 0. The van der Waals surface area contributed by atoms with Gasteiger partial charge in [-0.3, -0.25) is 0 Å². The molecule has 0 bridgehead atoms. The highest BCUT2D eigenvalue weighted by molar-refractivity contribution is 5.43. The molecule has 1 heteroatoms. The number of hydrogen-bond acceptors (Lipinski definition) is 1. The van der Waals surface area contributed by atoms with Crippen LogP contribution in [-0.2, 0) is 23.2 Å². The molecule has 1 heterocycles. The van der Waals surface area contributed by atoms with E-state index in [2.05, 4.69) is 25.1 Å². The second-order valence-corrected chi connectivity index (χ2v) is 4.32. The van der Waals surface area contributed by atoms with E-state index in [4.69, 9.17) is 4.74 Å². The van der Waals surface area contributed by atoms with Gasteiger partial charge in [0, 0.05) is 0 Å². The van der Waals surface area contributed by atoms with Gasteiger partial charge in [-0.2, -0.15) is 0 Å². The average molecular weight is 174 g/mol. The van der Waals surface area contributed by atoms with Crippen LogP contribution in [0.2, 0.25) is 0 Å². The van der Waals surface area contributed by atoms with Gasteiger partial charge < -0.3 is 4.74 Å². The van der Waals surface area contributed by atoms with Gasteiger partial charge in [-0.15, -0.1) is 0 Å². The Morgan fingerprint density at radius 3 is 2.92 bits per heavy atom. The summed E-state index contributed by atoms with van der Waals surface area (Å²) in [5, 5.41) is 0. The minimum atomic E-state index is 0.0652. The van der Waals surface area contributed by atoms with E-state index in [0.717, 1.165) is 6.61 Å². The van der Waals surface area contributed by atoms with E-state index in [9.17, 15) is 0 Å². The van der Waals surface area contributed by atoms with Gasteiger partial charge in [0.25, 0.3) is 0 Å². The number of benzene rings is 1. The van der Waals surface area contributed by atoms with Crippen molar-refractivity contribution < 1.29 is 4.74 Å². The lowest BCUT2D eigenvalue weighted by molar-refractivity contribution is 0.328. The summed E-state index contributed by atoms with van der Waals surface area (Å²) in [6, 6.07) is 6.67. The summed E-state index contributed by atoms with van der Waals surface area (Å²) in [6.45, 7) is 3.10. The Morgan fingerprint density at radius 1 is 1.31 bits per heavy atom. The number of ether oxygens (including phenoxy) is 1. The zero-order valence-electron chi connectivity index (χ0n) is 7.97. The molecule has 13 heavy (non-hydrogen) atoms. The Bertz CT molecular complexity index is 350. The maximum atomic E-state index is 5.51. The van der Waals surface area contributed by atoms with E-state index in [0.29, 0.717) is 0 Å². The summed E-state index contributed by atoms with van der Waals surface area (Å²) in [6.07, 6.45) is 3.84. The molecule has 1 aromatic rings. The van der Waals surface area contributed by atoms with Crippen LogP contribution >= 0.6 is 0 Å². The maximum Gasteiger partial charge on any atom is 0.114 e. The highest BCUT2D eigenvalue weighted by Gasteiger charge is 2.43. The van der Waals surface area contributed by atoms with Gasteiger partial charge in [-0.05, 0) is 42.9 Å². The Labute approximate surface area is 78.7 Å². The van der Waals surface area contributed by atoms with Gasteiger partial charge in [0.15, 0.2) is 0 Å². The average Bonchev–Trinajstić information content (AvgIpc) is 2.72. The molecule has 1 nitrogen and oxygen atoms in total. The third kappa shape index (κ3) is 1.03. The maximum absolute atomic E-state index is 5.51. The number of hydrogen-bond donors (Lipinski definition) is 0. The van der Waals surface area contributed by atoms with Crippen molar-refractivity contribution in [1.82, 2.24) is 0 Å². The number of fused-ring (bicyclic) bond motifs is 1. The molecule has 0 N–H and O–H groups in total. The van der Waals surface area contributed by atoms with Crippen molar-refractivity contribution in [3.63, 3.8) is 0 Å². The Balaban J connectivity index is 2.15. The predicted octanol–water partition coefficient (Wildman–Crippen LogP) is 2.42. The molecule has 1 aliphatic heterocycles. The van der Waals surface area contributed by atoms with E-state index < -0.39 is 0 Å². The lowest BCUT2D eigenvalue weighted by Crippen LogP contribution is -2.06. The first-order chi connectivity index (χ1) is 6.30. The normalized spacial score (nSPS) is 30.2. The van der Waals surface area contributed by atoms with Crippen molar-refractivity contribution in [3.05, 3.63) is 34.9 Å². The SMILES string of the molecule is CC1(c2cccc3c2CCC3)CO1. The fraction of sp³-hybridized carbons (Fsp3) is 0.500. The fourth-order valence-electron chi connectivity index (χ4n) is 2.38. The summed E-state index contributed by atoms with van der Waals surface area (Å²) < 4.78 is 5.51. The third-order valence-electron chi connectivity index (χ3n) is 3.29. The van der Waals surface area contributed by atoms with Crippen LogP contribution in [0.3, 0.4) is 0 Å². The van der Waals surface area contributed by atoms with Crippen LogP contribution in [-0.4, -0.2) is 6.61 Å². The first-order valence-electron chi connectivity index (χ1n) is 5.05. The molecule has 1 saturated heterocycles. The minimum absolute atomic E-state index is 0.0652. The molecule has 1 aliphatic carbocycles. The zero-order valence-corrected chi connectivity index (χ0v) is 7.97. The molecule has 1 atom stereocenters. The number of aryl methyl sites for hydroxylation is 1. The molecule has 1 aromatic carbocycles. The number of epoxide rings is 1. The van der Waals surface area contributed by atoms with Crippen LogP contribution in [0.25, 0.3) is 0 Å². The molecule has 3 rings (SSSR count). The Hall–Kier alpha value is -0.820. The van der Waals surface area contributed by atoms with Crippen LogP contribution in [0, 0.1) is 0 Å². The fourth-order valence-corrected chi connectivity index (χ4v) is 2.38. The van der Waals surface area contributed by atoms with Crippen molar-refractivity contribution in [2.24, 2.45) is 0 Å². The summed E-state index contributed by atoms with van der Waals surface area (Å²) in [7, 11) is 0. The van der Waals surface area contributed by atoms with Crippen molar-refractivity contribution >= 4 is 0 Å². The van der Waals surface area contributed by atoms with Gasteiger partial charge in [-0.25, -0.2) is 0 Å². The first-order valence-corrected chi connectivity index (χ1v) is 5.05. The smallest absolute Gasteiger partial charge is 0.114 e. The van der Waals surface area contributed by atoms with Crippen LogP contribution in [0.1, 0.15) is 30.0 Å². The minimum Gasteiger partial charge on any atom is -0.365 e. The molecule has 1 unspecified atom stereocenters. The number of rotatable bonds is 1. The van der Waals surface area contributed by atoms with Crippen LogP contribution in [0.5, 0.6) is 0 Å². The topological polar surface area (TPSA) is 12.5 Å². The molecule has 1 fully saturated rings. The quantitative estimate of drug-likeness (QED) is 0.596. The van der Waals surface area contributed by atoms with E-state index in [1.54, 1.807) is 11.1 Å². The Morgan fingerprint density at radius 2 is 2.15 bits per heavy atom. The van der Waals surface area contributed by atoms with Gasteiger partial charge in [0.2, 0.25) is 0 Å². The lowest BCUT2D eigenvalue weighted by atomic mass is 9.94. The lowest BCUT2D eigenvalue weighted by Gasteiger charge is -2.11. The van der Waals surface area contributed by atoms with Gasteiger partial charge in [0.05, 0.1) is 6.61 Å². The van der Waals surface area contributed by atoms with Gasteiger partial charge in [-0.1, -0.05) is 18.2 Å². The standard InChI is InChI=1S/C12H14O/c1-12(8-13-12)11-7-3-5-9-4-2-6-10(9)11/h3,5,7H,2,4,6,8H2,1H3. The molecular formula is C12H14O. The van der Waals surface area contributed by atoms with Crippen molar-refractivity contribution in [1.29, 1.82) is 0 Å². The third-order valence-corrected chi connectivity index (χ3v) is 3.29. The first kappa shape index (κ1) is 7.57.